The molecule has 132 valence electrons. The van der Waals surface area contributed by atoms with Gasteiger partial charge in [-0.05, 0) is 47.5 Å². The number of carbonyl (C=O) groups excluding carboxylic acids is 1. The molecule has 0 unspecified atom stereocenters. The average Bonchev–Trinajstić information content (AvgIpc) is 3.30. The largest absolute Gasteiger partial charge is 0.352 e. The van der Waals surface area contributed by atoms with Gasteiger partial charge >= 0.3 is 0 Å². The number of carbonyl (C=O) groups is 1. The molecule has 0 aliphatic rings. The number of nitrogens with zero attached hydrogens (tertiary/aromatic N) is 7. The summed E-state index contributed by atoms with van der Waals surface area (Å²) in [6.45, 7) is 0.632. The lowest BCUT2D eigenvalue weighted by Crippen LogP contribution is -2.24. The molecule has 4 heterocycles. The summed E-state index contributed by atoms with van der Waals surface area (Å²) in [6, 6.07) is 9.31. The maximum absolute atomic E-state index is 12.2. The molecule has 26 heavy (non-hydrogen) atoms. The van der Waals surface area contributed by atoms with Gasteiger partial charge in [-0.15, -0.1) is 15.3 Å². The van der Waals surface area contributed by atoms with Crippen LogP contribution in [0.15, 0.2) is 42.7 Å². The van der Waals surface area contributed by atoms with Crippen LogP contribution >= 0.6 is 0 Å². The quantitative estimate of drug-likeness (QED) is 0.504. The van der Waals surface area contributed by atoms with E-state index in [1.54, 1.807) is 18.3 Å². The van der Waals surface area contributed by atoms with Crippen LogP contribution in [0, 0.1) is 0 Å². The van der Waals surface area contributed by atoms with Crippen LogP contribution in [0.4, 0.5) is 0 Å². The Hall–Kier alpha value is -3.36. The van der Waals surface area contributed by atoms with Crippen LogP contribution in [-0.4, -0.2) is 47.1 Å². The van der Waals surface area contributed by atoms with Crippen LogP contribution in [0.5, 0.6) is 0 Å². The molecule has 0 saturated carbocycles. The third-order valence-electron chi connectivity index (χ3n) is 4.20. The van der Waals surface area contributed by atoms with Gasteiger partial charge in [0.1, 0.15) is 5.82 Å². The first kappa shape index (κ1) is 16.1. The number of hydrogen-bond donors (Lipinski definition) is 1. The van der Waals surface area contributed by atoms with Crippen LogP contribution in [-0.2, 0) is 6.42 Å². The van der Waals surface area contributed by atoms with Gasteiger partial charge in [-0.3, -0.25) is 9.20 Å². The number of unbranched alkanes of at least 4 members (excludes halogenated alkanes) is 2. The van der Waals surface area contributed by atoms with E-state index in [4.69, 9.17) is 0 Å². The first-order valence-corrected chi connectivity index (χ1v) is 8.56. The SMILES string of the molecule is O=C(NCCCCCc1nnc2ccccn12)c1ccc2nnnn2c1. The Bertz CT molecular complexity index is 1040. The Morgan fingerprint density at radius 2 is 1.96 bits per heavy atom. The van der Waals surface area contributed by atoms with Crippen molar-refractivity contribution in [3.8, 4) is 0 Å². The van der Waals surface area contributed by atoms with E-state index in [1.165, 1.54) is 4.52 Å². The van der Waals surface area contributed by atoms with Gasteiger partial charge in [0.05, 0.1) is 5.56 Å². The summed E-state index contributed by atoms with van der Waals surface area (Å²) in [4.78, 5) is 12.2. The standard InChI is InChI=1S/C17H18N8O/c26-17(13-8-9-16-21-22-23-25(16)12-13)18-10-4-1-2-6-14-19-20-15-7-3-5-11-24(14)15/h3,5,7-9,11-12H,1-2,4,6,10H2,(H,18,26). The van der Waals surface area contributed by atoms with Gasteiger partial charge in [-0.2, -0.15) is 4.52 Å². The number of hydrogen-bond acceptors (Lipinski definition) is 6. The van der Waals surface area contributed by atoms with Crippen molar-refractivity contribution in [3.63, 3.8) is 0 Å². The van der Waals surface area contributed by atoms with Gasteiger partial charge < -0.3 is 5.32 Å². The Labute approximate surface area is 149 Å². The summed E-state index contributed by atoms with van der Waals surface area (Å²) in [6.07, 6.45) is 7.40. The molecule has 9 nitrogen and oxygen atoms in total. The van der Waals surface area contributed by atoms with E-state index in [0.717, 1.165) is 37.2 Å². The van der Waals surface area contributed by atoms with Crippen molar-refractivity contribution in [3.05, 3.63) is 54.1 Å². The smallest absolute Gasteiger partial charge is 0.252 e. The van der Waals surface area contributed by atoms with E-state index in [2.05, 4.69) is 31.0 Å². The molecule has 0 bridgehead atoms. The number of pyridine rings is 2. The van der Waals surface area contributed by atoms with E-state index >= 15 is 0 Å². The number of aromatic nitrogens is 7. The van der Waals surface area contributed by atoms with Crippen molar-refractivity contribution in [1.29, 1.82) is 0 Å². The predicted octanol–water partition coefficient (Wildman–Crippen LogP) is 1.31. The second kappa shape index (κ2) is 7.26. The highest BCUT2D eigenvalue weighted by molar-refractivity contribution is 5.94. The van der Waals surface area contributed by atoms with Crippen LogP contribution in [0.1, 0.15) is 35.4 Å². The molecule has 0 aliphatic heterocycles. The highest BCUT2D eigenvalue weighted by Crippen LogP contribution is 2.07. The number of tetrazole rings is 1. The first-order chi connectivity index (χ1) is 12.8. The molecule has 4 rings (SSSR count). The average molecular weight is 350 g/mol. The molecule has 1 N–H and O–H groups in total. The molecule has 0 saturated heterocycles. The minimum atomic E-state index is -0.120. The fourth-order valence-corrected chi connectivity index (χ4v) is 2.83. The van der Waals surface area contributed by atoms with E-state index in [0.29, 0.717) is 17.8 Å². The van der Waals surface area contributed by atoms with Gasteiger partial charge in [0.2, 0.25) is 0 Å². The lowest BCUT2D eigenvalue weighted by Gasteiger charge is -2.05. The number of nitrogens with one attached hydrogen (secondary N) is 1. The summed E-state index contributed by atoms with van der Waals surface area (Å²) in [5.41, 5.74) is 2.02. The topological polar surface area (TPSA) is 102 Å². The normalized spacial score (nSPS) is 11.2. The molecular weight excluding hydrogens is 332 g/mol. The zero-order valence-corrected chi connectivity index (χ0v) is 14.1. The number of fused-ring (bicyclic) bond motifs is 2. The molecule has 4 aromatic rings. The van der Waals surface area contributed by atoms with Gasteiger partial charge in [0.25, 0.3) is 5.91 Å². The Kier molecular flexibility index (Phi) is 4.50. The zero-order chi connectivity index (χ0) is 17.8. The van der Waals surface area contributed by atoms with E-state index < -0.39 is 0 Å². The Morgan fingerprint density at radius 1 is 1.00 bits per heavy atom. The van der Waals surface area contributed by atoms with Crippen LogP contribution in [0.2, 0.25) is 0 Å². The molecule has 0 aliphatic carbocycles. The van der Waals surface area contributed by atoms with E-state index in [9.17, 15) is 4.79 Å². The molecule has 0 radical (unpaired) electrons. The fraction of sp³-hybridized carbons (Fsp3) is 0.294. The minimum Gasteiger partial charge on any atom is -0.352 e. The van der Waals surface area contributed by atoms with Gasteiger partial charge in [-0.1, -0.05) is 12.5 Å². The minimum absolute atomic E-state index is 0.120. The summed E-state index contributed by atoms with van der Waals surface area (Å²) in [5, 5.41) is 22.5. The molecule has 4 aromatic heterocycles. The Morgan fingerprint density at radius 3 is 2.92 bits per heavy atom. The lowest BCUT2D eigenvalue weighted by atomic mass is 10.2. The third kappa shape index (κ3) is 3.37. The monoisotopic (exact) mass is 350 g/mol. The van der Waals surface area contributed by atoms with Crippen molar-refractivity contribution in [2.24, 2.45) is 0 Å². The van der Waals surface area contributed by atoms with Crippen molar-refractivity contribution in [2.45, 2.75) is 25.7 Å². The first-order valence-electron chi connectivity index (χ1n) is 8.56. The van der Waals surface area contributed by atoms with Crippen LogP contribution in [0.3, 0.4) is 0 Å². The molecular formula is C17H18N8O. The van der Waals surface area contributed by atoms with Crippen molar-refractivity contribution >= 4 is 17.2 Å². The summed E-state index contributed by atoms with van der Waals surface area (Å²) < 4.78 is 3.49. The molecule has 0 aromatic carbocycles. The van der Waals surface area contributed by atoms with Crippen molar-refractivity contribution in [1.82, 2.24) is 40.0 Å². The number of amides is 1. The molecule has 1 amide bonds. The van der Waals surface area contributed by atoms with Crippen LogP contribution in [0.25, 0.3) is 11.3 Å². The maximum Gasteiger partial charge on any atom is 0.252 e. The number of rotatable bonds is 7. The zero-order valence-electron chi connectivity index (χ0n) is 14.1. The summed E-state index contributed by atoms with van der Waals surface area (Å²) >= 11 is 0. The molecule has 0 spiro atoms. The maximum atomic E-state index is 12.2. The third-order valence-corrected chi connectivity index (χ3v) is 4.20. The van der Waals surface area contributed by atoms with Crippen molar-refractivity contribution < 1.29 is 4.79 Å². The lowest BCUT2D eigenvalue weighted by molar-refractivity contribution is 0.0952. The molecule has 0 fully saturated rings. The highest BCUT2D eigenvalue weighted by Gasteiger charge is 2.07. The van der Waals surface area contributed by atoms with E-state index in [-0.39, 0.29) is 5.91 Å². The number of aryl methyl sites for hydroxylation is 1. The molecule has 0 atom stereocenters. The van der Waals surface area contributed by atoms with E-state index in [1.807, 2.05) is 28.8 Å². The Balaban J connectivity index is 1.21. The second-order valence-electron chi connectivity index (χ2n) is 6.01. The highest BCUT2D eigenvalue weighted by atomic mass is 16.1. The van der Waals surface area contributed by atoms with Gasteiger partial charge in [0.15, 0.2) is 11.3 Å². The van der Waals surface area contributed by atoms with Crippen molar-refractivity contribution in [2.75, 3.05) is 6.54 Å². The summed E-state index contributed by atoms with van der Waals surface area (Å²) in [7, 11) is 0. The molecule has 9 heteroatoms. The fourth-order valence-electron chi connectivity index (χ4n) is 2.83. The predicted molar refractivity (Wildman–Crippen MR) is 93.7 cm³/mol. The van der Waals surface area contributed by atoms with Gasteiger partial charge in [-0.25, -0.2) is 0 Å². The van der Waals surface area contributed by atoms with Crippen LogP contribution < -0.4 is 5.32 Å². The summed E-state index contributed by atoms with van der Waals surface area (Å²) in [5.74, 6) is 0.852. The second-order valence-corrected chi connectivity index (χ2v) is 6.01. The van der Waals surface area contributed by atoms with Gasteiger partial charge in [0, 0.05) is 25.4 Å².